The fourth-order valence-electron chi connectivity index (χ4n) is 1.49. The predicted octanol–water partition coefficient (Wildman–Crippen LogP) is 0.585. The number of carbonyl (C=O) groups excluding carboxylic acids is 1. The molecule has 1 aromatic rings. The number of hydroxylamine groups is 1. The van der Waals surface area contributed by atoms with Gasteiger partial charge in [0.15, 0.2) is 9.84 Å². The van der Waals surface area contributed by atoms with Crippen molar-refractivity contribution in [2.75, 3.05) is 5.06 Å². The van der Waals surface area contributed by atoms with E-state index in [9.17, 15) is 18.4 Å². The molecular weight excluding hydrogens is 218 g/mol. The lowest BCUT2D eigenvalue weighted by molar-refractivity contribution is -0.123. The number of hydrogen-bond acceptors (Lipinski definition) is 4. The van der Waals surface area contributed by atoms with E-state index in [2.05, 4.69) is 0 Å². The van der Waals surface area contributed by atoms with Crippen LogP contribution in [-0.2, 0) is 14.6 Å². The Morgan fingerprint density at radius 1 is 1.33 bits per heavy atom. The molecule has 0 spiro atoms. The summed E-state index contributed by atoms with van der Waals surface area (Å²) in [5.41, 5.74) is 0.0144. The summed E-state index contributed by atoms with van der Waals surface area (Å²) < 4.78 is 23.6. The van der Waals surface area contributed by atoms with Gasteiger partial charge in [0.05, 0.1) is 10.6 Å². The molecule has 6 heteroatoms. The van der Waals surface area contributed by atoms with Gasteiger partial charge >= 0.3 is 0 Å². The molecular formula is C9H9NO4S. The first-order chi connectivity index (χ1) is 6.96. The van der Waals surface area contributed by atoms with Crippen LogP contribution < -0.4 is 5.06 Å². The zero-order valence-corrected chi connectivity index (χ0v) is 8.73. The lowest BCUT2D eigenvalue weighted by Gasteiger charge is -2.27. The predicted molar refractivity (Wildman–Crippen MR) is 52.4 cm³/mol. The second kappa shape index (κ2) is 3.04. The van der Waals surface area contributed by atoms with Gasteiger partial charge in [-0.3, -0.25) is 10.0 Å². The number of anilines is 1. The first-order valence-corrected chi connectivity index (χ1v) is 5.86. The van der Waals surface area contributed by atoms with Gasteiger partial charge in [0, 0.05) is 0 Å². The van der Waals surface area contributed by atoms with Crippen molar-refractivity contribution in [2.24, 2.45) is 0 Å². The molecule has 0 fully saturated rings. The van der Waals surface area contributed by atoms with Crippen LogP contribution in [0.1, 0.15) is 6.92 Å². The van der Waals surface area contributed by atoms with Gasteiger partial charge < -0.3 is 0 Å². The maximum absolute atomic E-state index is 11.8. The zero-order valence-electron chi connectivity index (χ0n) is 7.91. The molecule has 1 amide bonds. The van der Waals surface area contributed by atoms with E-state index in [1.165, 1.54) is 19.1 Å². The fourth-order valence-corrected chi connectivity index (χ4v) is 2.95. The Hall–Kier alpha value is -1.40. The maximum Gasteiger partial charge on any atom is 0.269 e. The average Bonchev–Trinajstić information content (AvgIpc) is 2.24. The normalized spacial score (nSPS) is 23.7. The summed E-state index contributed by atoms with van der Waals surface area (Å²) in [7, 11) is -3.65. The van der Waals surface area contributed by atoms with Gasteiger partial charge in [0.2, 0.25) is 0 Å². The van der Waals surface area contributed by atoms with Crippen LogP contribution in [0, 0.1) is 0 Å². The summed E-state index contributed by atoms with van der Waals surface area (Å²) in [6.07, 6.45) is 0. The second-order valence-electron chi connectivity index (χ2n) is 3.31. The lowest BCUT2D eigenvalue weighted by Crippen LogP contribution is -2.44. The van der Waals surface area contributed by atoms with E-state index in [1.54, 1.807) is 12.1 Å². The van der Waals surface area contributed by atoms with Crippen LogP contribution in [-0.4, -0.2) is 24.8 Å². The number of fused-ring (bicyclic) bond motifs is 1. The smallest absolute Gasteiger partial charge is 0.269 e. The SMILES string of the molecule is CC1C(=O)N(O)c2ccccc2S1(=O)=O. The summed E-state index contributed by atoms with van der Waals surface area (Å²) in [6.45, 7) is 1.26. The summed E-state index contributed by atoms with van der Waals surface area (Å²) in [4.78, 5) is 11.4. The van der Waals surface area contributed by atoms with Crippen molar-refractivity contribution in [3.8, 4) is 0 Å². The number of benzene rings is 1. The van der Waals surface area contributed by atoms with E-state index in [0.717, 1.165) is 0 Å². The van der Waals surface area contributed by atoms with E-state index >= 15 is 0 Å². The number of nitrogens with zero attached hydrogens (tertiary/aromatic N) is 1. The Labute approximate surface area is 86.8 Å². The van der Waals surface area contributed by atoms with E-state index in [4.69, 9.17) is 0 Å². The van der Waals surface area contributed by atoms with Gasteiger partial charge in [-0.2, -0.15) is 5.06 Å². The maximum atomic E-state index is 11.8. The number of rotatable bonds is 0. The van der Waals surface area contributed by atoms with Crippen molar-refractivity contribution in [3.05, 3.63) is 24.3 Å². The molecule has 0 saturated heterocycles. The van der Waals surface area contributed by atoms with Crippen LogP contribution in [0.5, 0.6) is 0 Å². The Morgan fingerprint density at radius 2 is 1.93 bits per heavy atom. The molecule has 0 bridgehead atoms. The van der Waals surface area contributed by atoms with Crippen LogP contribution in [0.4, 0.5) is 5.69 Å². The Morgan fingerprint density at radius 3 is 2.60 bits per heavy atom. The van der Waals surface area contributed by atoms with Gasteiger partial charge in [-0.05, 0) is 19.1 Å². The molecule has 1 atom stereocenters. The largest absolute Gasteiger partial charge is 0.281 e. The highest BCUT2D eigenvalue weighted by molar-refractivity contribution is 7.93. The fraction of sp³-hybridized carbons (Fsp3) is 0.222. The van der Waals surface area contributed by atoms with Crippen LogP contribution in [0.15, 0.2) is 29.2 Å². The van der Waals surface area contributed by atoms with E-state index in [-0.39, 0.29) is 10.6 Å². The van der Waals surface area contributed by atoms with Gasteiger partial charge in [-0.15, -0.1) is 0 Å². The highest BCUT2D eigenvalue weighted by atomic mass is 32.2. The van der Waals surface area contributed by atoms with Crippen LogP contribution in [0.3, 0.4) is 0 Å². The lowest BCUT2D eigenvalue weighted by atomic mass is 10.3. The highest BCUT2D eigenvalue weighted by Gasteiger charge is 2.40. The molecule has 1 aliphatic heterocycles. The third-order valence-electron chi connectivity index (χ3n) is 2.42. The number of sulfone groups is 1. The van der Waals surface area contributed by atoms with Gasteiger partial charge in [0.1, 0.15) is 5.25 Å². The molecule has 0 aliphatic carbocycles. The molecule has 5 nitrogen and oxygen atoms in total. The zero-order chi connectivity index (χ0) is 11.2. The van der Waals surface area contributed by atoms with Crippen molar-refractivity contribution in [1.82, 2.24) is 0 Å². The topological polar surface area (TPSA) is 74.7 Å². The van der Waals surface area contributed by atoms with Crippen LogP contribution in [0.25, 0.3) is 0 Å². The van der Waals surface area contributed by atoms with Crippen molar-refractivity contribution < 1.29 is 18.4 Å². The number of carbonyl (C=O) groups is 1. The Bertz CT molecular complexity index is 523. The molecule has 80 valence electrons. The first-order valence-electron chi connectivity index (χ1n) is 4.32. The average molecular weight is 227 g/mol. The molecule has 1 N–H and O–H groups in total. The number of amides is 1. The molecule has 2 rings (SSSR count). The third-order valence-corrected chi connectivity index (χ3v) is 4.51. The Balaban J connectivity index is 2.78. The minimum atomic E-state index is -3.65. The van der Waals surface area contributed by atoms with E-state index < -0.39 is 21.0 Å². The standard InChI is InChI=1S/C9H9NO4S/c1-6-9(11)10(12)7-4-2-3-5-8(7)15(6,13)14/h2-6,12H,1H3. The molecule has 0 saturated carbocycles. The molecule has 1 aromatic carbocycles. The highest BCUT2D eigenvalue weighted by Crippen LogP contribution is 2.32. The van der Waals surface area contributed by atoms with E-state index in [0.29, 0.717) is 5.06 Å². The van der Waals surface area contributed by atoms with Crippen LogP contribution in [0.2, 0.25) is 0 Å². The minimum Gasteiger partial charge on any atom is -0.281 e. The monoisotopic (exact) mass is 227 g/mol. The molecule has 0 radical (unpaired) electrons. The molecule has 1 unspecified atom stereocenters. The van der Waals surface area contributed by atoms with Crippen molar-refractivity contribution in [1.29, 1.82) is 0 Å². The van der Waals surface area contributed by atoms with Gasteiger partial charge in [-0.1, -0.05) is 12.1 Å². The van der Waals surface area contributed by atoms with Gasteiger partial charge in [0.25, 0.3) is 5.91 Å². The molecule has 1 heterocycles. The summed E-state index contributed by atoms with van der Waals surface area (Å²) in [5.74, 6) is -0.825. The van der Waals surface area contributed by atoms with E-state index in [1.807, 2.05) is 0 Å². The van der Waals surface area contributed by atoms with Crippen molar-refractivity contribution in [2.45, 2.75) is 17.1 Å². The first kappa shape index (κ1) is 10.1. The Kier molecular flexibility index (Phi) is 2.06. The summed E-state index contributed by atoms with van der Waals surface area (Å²) in [5, 5.41) is 8.60. The summed E-state index contributed by atoms with van der Waals surface area (Å²) in [6, 6.07) is 5.86. The van der Waals surface area contributed by atoms with Crippen LogP contribution >= 0.6 is 0 Å². The molecule has 15 heavy (non-hydrogen) atoms. The molecule has 0 aromatic heterocycles. The summed E-state index contributed by atoms with van der Waals surface area (Å²) >= 11 is 0. The number of hydrogen-bond donors (Lipinski definition) is 1. The molecule has 1 aliphatic rings. The minimum absolute atomic E-state index is 0.0143. The second-order valence-corrected chi connectivity index (χ2v) is 5.54. The van der Waals surface area contributed by atoms with Gasteiger partial charge in [-0.25, -0.2) is 8.42 Å². The quantitative estimate of drug-likeness (QED) is 0.658. The van der Waals surface area contributed by atoms with Crippen molar-refractivity contribution >= 4 is 21.4 Å². The van der Waals surface area contributed by atoms with Crippen molar-refractivity contribution in [3.63, 3.8) is 0 Å². The number of para-hydroxylation sites is 1. The third kappa shape index (κ3) is 1.25.